The van der Waals surface area contributed by atoms with Gasteiger partial charge in [0, 0.05) is 5.57 Å². The van der Waals surface area contributed by atoms with Gasteiger partial charge in [0.15, 0.2) is 47.3 Å². The second kappa shape index (κ2) is 5.18. The van der Waals surface area contributed by atoms with Crippen molar-refractivity contribution in [2.24, 2.45) is 5.73 Å². The van der Waals surface area contributed by atoms with Gasteiger partial charge in [-0.25, -0.2) is 35.1 Å². The molecule has 0 spiro atoms. The first-order chi connectivity index (χ1) is 10.1. The lowest BCUT2D eigenvalue weighted by Gasteiger charge is -2.24. The van der Waals surface area contributed by atoms with Gasteiger partial charge in [-0.3, -0.25) is 0 Å². The first-order valence-corrected chi connectivity index (χ1v) is 5.56. The summed E-state index contributed by atoms with van der Waals surface area (Å²) >= 11 is 0. The summed E-state index contributed by atoms with van der Waals surface area (Å²) in [6.45, 7) is 0. The first-order valence-electron chi connectivity index (χ1n) is 5.56. The number of nitrogens with two attached hydrogens (primary N) is 2. The molecule has 1 aromatic rings. The van der Waals surface area contributed by atoms with Crippen LogP contribution in [-0.2, 0) is 0 Å². The van der Waals surface area contributed by atoms with Crippen LogP contribution in [0.2, 0.25) is 0 Å². The van der Waals surface area contributed by atoms with Crippen molar-refractivity contribution < 1.29 is 35.1 Å². The second-order valence-electron chi connectivity index (χ2n) is 4.35. The van der Waals surface area contributed by atoms with Gasteiger partial charge in [-0.1, -0.05) is 0 Å². The van der Waals surface area contributed by atoms with Crippen LogP contribution in [0.25, 0.3) is 5.57 Å². The van der Waals surface area contributed by atoms with Gasteiger partial charge >= 0.3 is 0 Å². The average molecular weight is 330 g/mol. The minimum Gasteiger partial charge on any atom is -0.397 e. The lowest BCUT2D eigenvalue weighted by Crippen LogP contribution is -2.31. The first kappa shape index (κ1) is 16.1. The summed E-state index contributed by atoms with van der Waals surface area (Å²) in [6.07, 6.45) is -6.16. The largest absolute Gasteiger partial charge is 0.397 e. The van der Waals surface area contributed by atoms with Crippen molar-refractivity contribution in [3.05, 3.63) is 46.2 Å². The van der Waals surface area contributed by atoms with Gasteiger partial charge < -0.3 is 11.5 Å². The number of hydrogen-bond acceptors (Lipinski definition) is 2. The van der Waals surface area contributed by atoms with Gasteiger partial charge in [0.2, 0.25) is 0 Å². The van der Waals surface area contributed by atoms with Crippen LogP contribution in [0.5, 0.6) is 0 Å². The van der Waals surface area contributed by atoms with Crippen LogP contribution in [0.15, 0.2) is 17.4 Å². The van der Waals surface area contributed by atoms with Crippen molar-refractivity contribution >= 4 is 11.3 Å². The molecule has 0 aromatic heterocycles. The lowest BCUT2D eigenvalue weighted by molar-refractivity contribution is 0.228. The fraction of sp³-hybridized carbons (Fsp3) is 0.167. The summed E-state index contributed by atoms with van der Waals surface area (Å²) in [6, 6.07) is 0. The third-order valence-corrected chi connectivity index (χ3v) is 3.08. The van der Waals surface area contributed by atoms with Crippen LogP contribution in [0, 0.1) is 23.3 Å². The van der Waals surface area contributed by atoms with E-state index in [9.17, 15) is 35.1 Å². The molecular formula is C12H6F8N2. The van der Waals surface area contributed by atoms with Crippen molar-refractivity contribution in [1.82, 2.24) is 0 Å². The molecule has 0 heterocycles. The molecule has 2 nitrogen and oxygen atoms in total. The number of rotatable bonds is 1. The molecule has 0 saturated carbocycles. The van der Waals surface area contributed by atoms with Crippen LogP contribution in [0.4, 0.5) is 40.8 Å². The van der Waals surface area contributed by atoms with Crippen molar-refractivity contribution in [2.45, 2.75) is 12.3 Å². The zero-order valence-electron chi connectivity index (χ0n) is 10.3. The Morgan fingerprint density at radius 1 is 0.636 bits per heavy atom. The number of anilines is 1. The fourth-order valence-corrected chi connectivity index (χ4v) is 1.92. The smallest absolute Gasteiger partial charge is 0.185 e. The quantitative estimate of drug-likeness (QED) is 0.471. The number of allylic oxidation sites excluding steroid dienone is 4. The Labute approximate surface area is 117 Å². The molecular weight excluding hydrogens is 324 g/mol. The summed E-state index contributed by atoms with van der Waals surface area (Å²) in [5.41, 5.74) is 2.61. The van der Waals surface area contributed by atoms with E-state index in [4.69, 9.17) is 11.5 Å². The van der Waals surface area contributed by atoms with Crippen LogP contribution in [-0.4, -0.2) is 12.3 Å². The maximum Gasteiger partial charge on any atom is 0.185 e. The molecule has 2 rings (SSSR count). The van der Waals surface area contributed by atoms with Gasteiger partial charge in [-0.15, -0.1) is 0 Å². The molecule has 120 valence electrons. The minimum absolute atomic E-state index is 1.48. The third-order valence-electron chi connectivity index (χ3n) is 3.08. The molecule has 0 amide bonds. The highest BCUT2D eigenvalue weighted by atomic mass is 19.2. The molecule has 0 saturated heterocycles. The lowest BCUT2D eigenvalue weighted by atomic mass is 9.90. The molecule has 0 aliphatic heterocycles. The Hall–Kier alpha value is -2.26. The number of benzene rings is 1. The van der Waals surface area contributed by atoms with E-state index in [0.29, 0.717) is 0 Å². The highest BCUT2D eigenvalue weighted by Crippen LogP contribution is 2.42. The number of nitrogen functional groups attached to an aromatic ring is 1. The van der Waals surface area contributed by atoms with E-state index < -0.39 is 69.8 Å². The van der Waals surface area contributed by atoms with E-state index in [1.54, 1.807) is 0 Å². The number of halogens is 8. The molecule has 22 heavy (non-hydrogen) atoms. The summed E-state index contributed by atoms with van der Waals surface area (Å²) in [5.74, 6) is -13.3. The predicted molar refractivity (Wildman–Crippen MR) is 60.8 cm³/mol. The highest BCUT2D eigenvalue weighted by molar-refractivity contribution is 5.78. The van der Waals surface area contributed by atoms with Crippen molar-refractivity contribution in [1.29, 1.82) is 0 Å². The topological polar surface area (TPSA) is 52.0 Å². The molecule has 0 bridgehead atoms. The fourth-order valence-electron chi connectivity index (χ4n) is 1.92. The summed E-state index contributed by atoms with van der Waals surface area (Å²) in [4.78, 5) is 0. The van der Waals surface area contributed by atoms with Gasteiger partial charge in [0.1, 0.15) is 5.69 Å². The van der Waals surface area contributed by atoms with Gasteiger partial charge in [-0.2, -0.15) is 0 Å². The third kappa shape index (κ3) is 2.01. The molecule has 2 unspecified atom stereocenters. The monoisotopic (exact) mass is 330 g/mol. The van der Waals surface area contributed by atoms with E-state index in [1.807, 2.05) is 0 Å². The SMILES string of the molecule is NC1=C(F)C(F)=C(c2c(F)c(F)c(N)c(F)c2F)C(F)C1F. The van der Waals surface area contributed by atoms with E-state index in [-0.39, 0.29) is 0 Å². The Morgan fingerprint density at radius 2 is 1.09 bits per heavy atom. The van der Waals surface area contributed by atoms with Gasteiger partial charge in [0.05, 0.1) is 11.3 Å². The van der Waals surface area contributed by atoms with Crippen molar-refractivity contribution in [3.63, 3.8) is 0 Å². The van der Waals surface area contributed by atoms with Crippen LogP contribution in [0.1, 0.15) is 5.56 Å². The van der Waals surface area contributed by atoms with Crippen LogP contribution < -0.4 is 11.5 Å². The molecule has 1 aliphatic carbocycles. The van der Waals surface area contributed by atoms with Gasteiger partial charge in [-0.05, 0) is 0 Å². The van der Waals surface area contributed by atoms with Crippen LogP contribution in [0.3, 0.4) is 0 Å². The van der Waals surface area contributed by atoms with Gasteiger partial charge in [0.25, 0.3) is 0 Å². The Bertz CT molecular complexity index is 695. The van der Waals surface area contributed by atoms with Crippen LogP contribution >= 0.6 is 0 Å². The van der Waals surface area contributed by atoms with E-state index in [2.05, 4.69) is 0 Å². The summed E-state index contributed by atoms with van der Waals surface area (Å²) < 4.78 is 108. The Balaban J connectivity index is 2.87. The van der Waals surface area contributed by atoms with Crippen molar-refractivity contribution in [3.8, 4) is 0 Å². The molecule has 4 N–H and O–H groups in total. The maximum atomic E-state index is 13.8. The molecule has 2 atom stereocenters. The normalized spacial score (nSPS) is 22.5. The zero-order chi connectivity index (χ0) is 16.9. The zero-order valence-corrected chi connectivity index (χ0v) is 10.3. The molecule has 0 fully saturated rings. The molecule has 1 aromatic carbocycles. The highest BCUT2D eigenvalue weighted by Gasteiger charge is 2.42. The molecule has 1 aliphatic rings. The van der Waals surface area contributed by atoms with Crippen molar-refractivity contribution in [2.75, 3.05) is 5.73 Å². The minimum atomic E-state index is -3.18. The second-order valence-corrected chi connectivity index (χ2v) is 4.35. The average Bonchev–Trinajstić information content (AvgIpc) is 2.50. The van der Waals surface area contributed by atoms with E-state index in [0.717, 1.165) is 0 Å². The summed E-state index contributed by atoms with van der Waals surface area (Å²) in [5, 5.41) is 0. The Kier molecular flexibility index (Phi) is 3.80. The number of alkyl halides is 2. The van der Waals surface area contributed by atoms with E-state index in [1.165, 1.54) is 0 Å². The maximum absolute atomic E-state index is 13.8. The Morgan fingerprint density at radius 3 is 1.55 bits per heavy atom. The summed E-state index contributed by atoms with van der Waals surface area (Å²) in [7, 11) is 0. The standard InChI is InChI=1S/C12H6F8N2/c13-3-1(4(14)8(18)11(21)7(3)17)2-5(15)9(19)12(22)10(20)6(2)16/h3,7H,21-22H2. The molecule has 10 heteroatoms. The number of hydrogen-bond donors (Lipinski definition) is 2. The predicted octanol–water partition coefficient (Wildman–Crippen LogP) is 3.34. The molecule has 0 radical (unpaired) electrons. The van der Waals surface area contributed by atoms with E-state index >= 15 is 0 Å².